The van der Waals surface area contributed by atoms with E-state index in [1.165, 1.54) is 12.8 Å². The SMILES string of the molecule is COc1cccc(CC(=O)N2CCc3nc(N4CCC(C)CC4)nc(N(C)C(C)C)c3C2)c1. The fraction of sp³-hybridized carbons (Fsp3) is 0.577. The Morgan fingerprint density at radius 2 is 1.97 bits per heavy atom. The zero-order chi connectivity index (χ0) is 23.5. The highest BCUT2D eigenvalue weighted by Crippen LogP contribution is 2.31. The van der Waals surface area contributed by atoms with Gasteiger partial charge in [-0.3, -0.25) is 4.79 Å². The zero-order valence-electron chi connectivity index (χ0n) is 20.7. The van der Waals surface area contributed by atoms with E-state index in [-0.39, 0.29) is 5.91 Å². The molecular formula is C26H37N5O2. The van der Waals surface area contributed by atoms with Crippen molar-refractivity contribution in [3.05, 3.63) is 41.1 Å². The maximum Gasteiger partial charge on any atom is 0.227 e. The summed E-state index contributed by atoms with van der Waals surface area (Å²) in [4.78, 5) is 29.7. The van der Waals surface area contributed by atoms with Crippen molar-refractivity contribution >= 4 is 17.7 Å². The van der Waals surface area contributed by atoms with Gasteiger partial charge in [0.15, 0.2) is 0 Å². The minimum absolute atomic E-state index is 0.126. The Morgan fingerprint density at radius 1 is 1.21 bits per heavy atom. The average Bonchev–Trinajstić information content (AvgIpc) is 2.83. The lowest BCUT2D eigenvalue weighted by atomic mass is 9.99. The van der Waals surface area contributed by atoms with Gasteiger partial charge in [-0.15, -0.1) is 0 Å². The van der Waals surface area contributed by atoms with E-state index in [0.29, 0.717) is 25.6 Å². The smallest absolute Gasteiger partial charge is 0.227 e. The number of hydrogen-bond acceptors (Lipinski definition) is 6. The van der Waals surface area contributed by atoms with Gasteiger partial charge in [0, 0.05) is 44.7 Å². The Hall–Kier alpha value is -2.83. The lowest BCUT2D eigenvalue weighted by molar-refractivity contribution is -0.131. The Morgan fingerprint density at radius 3 is 2.67 bits per heavy atom. The third-order valence-corrected chi connectivity index (χ3v) is 7.04. The van der Waals surface area contributed by atoms with Gasteiger partial charge in [-0.1, -0.05) is 19.1 Å². The van der Waals surface area contributed by atoms with Crippen molar-refractivity contribution in [3.8, 4) is 5.75 Å². The summed E-state index contributed by atoms with van der Waals surface area (Å²) in [5, 5.41) is 0. The van der Waals surface area contributed by atoms with Crippen molar-refractivity contribution in [1.29, 1.82) is 0 Å². The molecule has 1 aromatic heterocycles. The standard InChI is InChI=1S/C26H37N5O2/c1-18(2)29(4)25-22-17-31(24(32)16-20-7-6-8-21(15-20)33-5)14-11-23(22)27-26(28-25)30-12-9-19(3)10-13-30/h6-8,15,18-19H,9-14,16-17H2,1-5H3. The predicted molar refractivity (Wildman–Crippen MR) is 132 cm³/mol. The largest absolute Gasteiger partial charge is 0.497 e. The van der Waals surface area contributed by atoms with Gasteiger partial charge < -0.3 is 19.4 Å². The topological polar surface area (TPSA) is 61.8 Å². The van der Waals surface area contributed by atoms with Crippen LogP contribution in [0.5, 0.6) is 5.75 Å². The molecule has 0 saturated carbocycles. The Bertz CT molecular complexity index is 985. The summed E-state index contributed by atoms with van der Waals surface area (Å²) in [5.41, 5.74) is 3.15. The number of nitrogens with zero attached hydrogens (tertiary/aromatic N) is 5. The minimum Gasteiger partial charge on any atom is -0.497 e. The lowest BCUT2D eigenvalue weighted by Gasteiger charge is -2.35. The molecule has 0 N–H and O–H groups in total. The molecule has 3 heterocycles. The van der Waals surface area contributed by atoms with Crippen molar-refractivity contribution in [2.45, 2.75) is 59.0 Å². The maximum atomic E-state index is 13.2. The lowest BCUT2D eigenvalue weighted by Crippen LogP contribution is -2.40. The first kappa shape index (κ1) is 23.3. The predicted octanol–water partition coefficient (Wildman–Crippen LogP) is 3.69. The van der Waals surface area contributed by atoms with E-state index in [1.54, 1.807) is 7.11 Å². The minimum atomic E-state index is 0.126. The number of carbonyl (C=O) groups is 1. The third-order valence-electron chi connectivity index (χ3n) is 7.04. The summed E-state index contributed by atoms with van der Waals surface area (Å²) >= 11 is 0. The van der Waals surface area contributed by atoms with Crippen LogP contribution in [0.25, 0.3) is 0 Å². The summed E-state index contributed by atoms with van der Waals surface area (Å²) in [6.45, 7) is 9.93. The van der Waals surface area contributed by atoms with Gasteiger partial charge in [-0.2, -0.15) is 4.98 Å². The molecule has 4 rings (SSSR count). The Balaban J connectivity index is 1.58. The van der Waals surface area contributed by atoms with Crippen LogP contribution >= 0.6 is 0 Å². The molecule has 0 spiro atoms. The number of methoxy groups -OCH3 is 1. The third kappa shape index (κ3) is 5.23. The van der Waals surface area contributed by atoms with E-state index in [9.17, 15) is 4.79 Å². The maximum absolute atomic E-state index is 13.2. The van der Waals surface area contributed by atoms with E-state index in [4.69, 9.17) is 14.7 Å². The monoisotopic (exact) mass is 451 g/mol. The van der Waals surface area contributed by atoms with Gasteiger partial charge in [0.1, 0.15) is 11.6 Å². The van der Waals surface area contributed by atoms with Gasteiger partial charge in [-0.25, -0.2) is 4.98 Å². The number of carbonyl (C=O) groups excluding carboxylic acids is 1. The van der Waals surface area contributed by atoms with Crippen molar-refractivity contribution in [2.75, 3.05) is 43.6 Å². The molecule has 0 unspecified atom stereocenters. The molecule has 178 valence electrons. The van der Waals surface area contributed by atoms with Crippen LogP contribution < -0.4 is 14.5 Å². The summed E-state index contributed by atoms with van der Waals surface area (Å²) in [6, 6.07) is 8.05. The molecule has 7 nitrogen and oxygen atoms in total. The summed E-state index contributed by atoms with van der Waals surface area (Å²) in [5.74, 6) is 3.47. The molecule has 1 saturated heterocycles. The molecule has 0 aliphatic carbocycles. The van der Waals surface area contributed by atoms with Crippen molar-refractivity contribution < 1.29 is 9.53 Å². The fourth-order valence-electron chi connectivity index (χ4n) is 4.55. The number of aromatic nitrogens is 2. The van der Waals surface area contributed by atoms with Gasteiger partial charge in [0.05, 0.1) is 25.8 Å². The summed E-state index contributed by atoms with van der Waals surface area (Å²) in [7, 11) is 3.74. The van der Waals surface area contributed by atoms with Crippen LogP contribution in [0.15, 0.2) is 24.3 Å². The zero-order valence-corrected chi connectivity index (χ0v) is 20.7. The number of anilines is 2. The van der Waals surface area contributed by atoms with Crippen LogP contribution in [-0.4, -0.2) is 60.6 Å². The van der Waals surface area contributed by atoms with E-state index in [0.717, 1.165) is 59.8 Å². The van der Waals surface area contributed by atoms with Gasteiger partial charge in [0.2, 0.25) is 11.9 Å². The van der Waals surface area contributed by atoms with Gasteiger partial charge >= 0.3 is 0 Å². The van der Waals surface area contributed by atoms with Crippen molar-refractivity contribution in [3.63, 3.8) is 0 Å². The second-order valence-corrected chi connectivity index (χ2v) is 9.74. The highest BCUT2D eigenvalue weighted by atomic mass is 16.5. The molecule has 2 aliphatic heterocycles. The second-order valence-electron chi connectivity index (χ2n) is 9.74. The highest BCUT2D eigenvalue weighted by molar-refractivity contribution is 5.79. The van der Waals surface area contributed by atoms with Crippen molar-refractivity contribution in [2.24, 2.45) is 5.92 Å². The summed E-state index contributed by atoms with van der Waals surface area (Å²) in [6.07, 6.45) is 3.50. The molecule has 33 heavy (non-hydrogen) atoms. The average molecular weight is 452 g/mol. The first-order chi connectivity index (χ1) is 15.9. The van der Waals surface area contributed by atoms with Crippen LogP contribution in [0.3, 0.4) is 0 Å². The first-order valence-corrected chi connectivity index (χ1v) is 12.1. The van der Waals surface area contributed by atoms with Crippen LogP contribution in [0.2, 0.25) is 0 Å². The molecule has 0 bridgehead atoms. The molecule has 0 radical (unpaired) electrons. The summed E-state index contributed by atoms with van der Waals surface area (Å²) < 4.78 is 5.31. The molecule has 1 aromatic carbocycles. The second kappa shape index (κ2) is 9.98. The van der Waals surface area contributed by atoms with Crippen LogP contribution in [-0.2, 0) is 24.2 Å². The number of piperidine rings is 1. The molecule has 1 amide bonds. The number of hydrogen-bond donors (Lipinski definition) is 0. The van der Waals surface area contributed by atoms with E-state index in [1.807, 2.05) is 29.2 Å². The van der Waals surface area contributed by atoms with Gasteiger partial charge in [0.25, 0.3) is 0 Å². The van der Waals surface area contributed by atoms with E-state index >= 15 is 0 Å². The van der Waals surface area contributed by atoms with E-state index in [2.05, 4.69) is 37.6 Å². The fourth-order valence-corrected chi connectivity index (χ4v) is 4.55. The molecule has 0 atom stereocenters. The quantitative estimate of drug-likeness (QED) is 0.668. The van der Waals surface area contributed by atoms with Crippen LogP contribution in [0.4, 0.5) is 11.8 Å². The number of benzene rings is 1. The molecule has 7 heteroatoms. The first-order valence-electron chi connectivity index (χ1n) is 12.1. The number of rotatable bonds is 6. The van der Waals surface area contributed by atoms with Crippen molar-refractivity contribution in [1.82, 2.24) is 14.9 Å². The van der Waals surface area contributed by atoms with Gasteiger partial charge in [-0.05, 0) is 50.3 Å². The normalized spacial score (nSPS) is 16.7. The molecule has 2 aliphatic rings. The number of amides is 1. The number of fused-ring (bicyclic) bond motifs is 1. The molecule has 2 aromatic rings. The Labute approximate surface area is 197 Å². The molecule has 1 fully saturated rings. The van der Waals surface area contributed by atoms with E-state index < -0.39 is 0 Å². The molecular weight excluding hydrogens is 414 g/mol. The van der Waals surface area contributed by atoms with Crippen LogP contribution in [0, 0.1) is 5.92 Å². The van der Waals surface area contributed by atoms with Crippen LogP contribution in [0.1, 0.15) is 50.4 Å². The number of ether oxygens (including phenoxy) is 1. The highest BCUT2D eigenvalue weighted by Gasteiger charge is 2.29. The Kier molecular flexibility index (Phi) is 7.05.